The van der Waals surface area contributed by atoms with E-state index in [2.05, 4.69) is 5.10 Å². The van der Waals surface area contributed by atoms with E-state index < -0.39 is 5.82 Å². The topological polar surface area (TPSA) is 60.9 Å². The molecule has 2 N–H and O–H groups in total. The van der Waals surface area contributed by atoms with E-state index >= 15 is 0 Å². The molecular weight excluding hydrogens is 209 g/mol. The molecule has 0 aliphatic rings. The standard InChI is InChI=1S/C11H10FN3O/c1-15-11(10(13)5-14-15)8-4-7(6-16)2-3-9(8)12/h2-6H,13H2,1H3. The molecule has 0 aliphatic carbocycles. The normalized spacial score (nSPS) is 10.4. The first-order valence-corrected chi connectivity index (χ1v) is 4.66. The molecule has 0 aliphatic heterocycles. The highest BCUT2D eigenvalue weighted by Crippen LogP contribution is 2.27. The molecule has 0 atom stereocenters. The summed E-state index contributed by atoms with van der Waals surface area (Å²) in [6.45, 7) is 0. The maximum absolute atomic E-state index is 13.6. The number of rotatable bonds is 2. The zero-order valence-corrected chi connectivity index (χ0v) is 8.64. The number of aldehydes is 1. The molecule has 0 spiro atoms. The number of hydrogen-bond donors (Lipinski definition) is 1. The summed E-state index contributed by atoms with van der Waals surface area (Å²) in [6, 6.07) is 4.11. The summed E-state index contributed by atoms with van der Waals surface area (Å²) in [5.74, 6) is -0.430. The Morgan fingerprint density at radius 1 is 1.50 bits per heavy atom. The van der Waals surface area contributed by atoms with Gasteiger partial charge in [-0.05, 0) is 18.2 Å². The monoisotopic (exact) mass is 219 g/mol. The van der Waals surface area contributed by atoms with Crippen LogP contribution in [0.4, 0.5) is 10.1 Å². The lowest BCUT2D eigenvalue weighted by atomic mass is 10.1. The fraction of sp³-hybridized carbons (Fsp3) is 0.0909. The second kappa shape index (κ2) is 3.77. The van der Waals surface area contributed by atoms with Crippen molar-refractivity contribution in [1.82, 2.24) is 9.78 Å². The summed E-state index contributed by atoms with van der Waals surface area (Å²) in [5.41, 5.74) is 7.23. The number of nitrogens with two attached hydrogens (primary N) is 1. The minimum Gasteiger partial charge on any atom is -0.396 e. The second-order valence-electron chi connectivity index (χ2n) is 3.43. The van der Waals surface area contributed by atoms with E-state index in [0.717, 1.165) is 0 Å². The van der Waals surface area contributed by atoms with Crippen molar-refractivity contribution in [3.05, 3.63) is 35.8 Å². The molecule has 82 valence electrons. The summed E-state index contributed by atoms with van der Waals surface area (Å²) in [5, 5.41) is 3.93. The first-order valence-electron chi connectivity index (χ1n) is 4.66. The molecular formula is C11H10FN3O. The Kier molecular flexibility index (Phi) is 2.44. The predicted molar refractivity (Wildman–Crippen MR) is 58.4 cm³/mol. The fourth-order valence-corrected chi connectivity index (χ4v) is 1.58. The highest BCUT2D eigenvalue weighted by atomic mass is 19.1. The van der Waals surface area contributed by atoms with Gasteiger partial charge < -0.3 is 5.73 Å². The molecule has 0 saturated heterocycles. The number of halogens is 1. The molecule has 4 nitrogen and oxygen atoms in total. The molecule has 5 heteroatoms. The molecule has 0 saturated carbocycles. The first-order chi connectivity index (χ1) is 7.63. The van der Waals surface area contributed by atoms with E-state index in [4.69, 9.17) is 5.73 Å². The highest BCUT2D eigenvalue weighted by molar-refractivity contribution is 5.81. The highest BCUT2D eigenvalue weighted by Gasteiger charge is 2.13. The van der Waals surface area contributed by atoms with Crippen LogP contribution in [0.15, 0.2) is 24.4 Å². The smallest absolute Gasteiger partial charge is 0.150 e. The third-order valence-electron chi connectivity index (χ3n) is 2.35. The molecule has 16 heavy (non-hydrogen) atoms. The quantitative estimate of drug-likeness (QED) is 0.781. The average Bonchev–Trinajstić information content (AvgIpc) is 2.60. The Labute approximate surface area is 91.5 Å². The fourth-order valence-electron chi connectivity index (χ4n) is 1.58. The number of nitrogens with zero attached hydrogens (tertiary/aromatic N) is 2. The minimum atomic E-state index is -0.430. The third-order valence-corrected chi connectivity index (χ3v) is 2.35. The van der Waals surface area contributed by atoms with Crippen LogP contribution in [0.2, 0.25) is 0 Å². The number of aryl methyl sites for hydroxylation is 1. The van der Waals surface area contributed by atoms with Crippen LogP contribution >= 0.6 is 0 Å². The first kappa shape index (κ1) is 10.4. The van der Waals surface area contributed by atoms with Crippen molar-refractivity contribution in [2.75, 3.05) is 5.73 Å². The van der Waals surface area contributed by atoms with E-state index in [1.165, 1.54) is 29.1 Å². The number of nitrogen functional groups attached to an aromatic ring is 1. The average molecular weight is 219 g/mol. The largest absolute Gasteiger partial charge is 0.396 e. The minimum absolute atomic E-state index is 0.280. The van der Waals surface area contributed by atoms with Gasteiger partial charge in [0.1, 0.15) is 12.1 Å². The number of hydrogen-bond acceptors (Lipinski definition) is 3. The van der Waals surface area contributed by atoms with E-state index in [1.807, 2.05) is 0 Å². The Morgan fingerprint density at radius 2 is 2.25 bits per heavy atom. The lowest BCUT2D eigenvalue weighted by Gasteiger charge is -2.05. The molecule has 1 heterocycles. The maximum Gasteiger partial charge on any atom is 0.150 e. The third kappa shape index (κ3) is 1.56. The van der Waals surface area contributed by atoms with Crippen LogP contribution in [0.1, 0.15) is 10.4 Å². The van der Waals surface area contributed by atoms with Gasteiger partial charge in [-0.1, -0.05) is 0 Å². The zero-order valence-electron chi connectivity index (χ0n) is 8.64. The van der Waals surface area contributed by atoms with Crippen molar-refractivity contribution in [2.45, 2.75) is 0 Å². The van der Waals surface area contributed by atoms with Gasteiger partial charge in [0.05, 0.1) is 17.6 Å². The maximum atomic E-state index is 13.6. The van der Waals surface area contributed by atoms with Crippen LogP contribution in [-0.2, 0) is 7.05 Å². The van der Waals surface area contributed by atoms with Gasteiger partial charge in [0, 0.05) is 18.2 Å². The van der Waals surface area contributed by atoms with Crippen LogP contribution in [0.5, 0.6) is 0 Å². The van der Waals surface area contributed by atoms with E-state index in [-0.39, 0.29) is 5.56 Å². The number of aromatic nitrogens is 2. The zero-order chi connectivity index (χ0) is 11.7. The second-order valence-corrected chi connectivity index (χ2v) is 3.43. The number of benzene rings is 1. The van der Waals surface area contributed by atoms with Gasteiger partial charge in [0.2, 0.25) is 0 Å². The van der Waals surface area contributed by atoms with Crippen molar-refractivity contribution in [3.8, 4) is 11.3 Å². The van der Waals surface area contributed by atoms with Gasteiger partial charge in [-0.2, -0.15) is 5.10 Å². The van der Waals surface area contributed by atoms with Gasteiger partial charge >= 0.3 is 0 Å². The van der Waals surface area contributed by atoms with Crippen molar-refractivity contribution in [1.29, 1.82) is 0 Å². The lowest BCUT2D eigenvalue weighted by molar-refractivity contribution is 0.112. The van der Waals surface area contributed by atoms with E-state index in [1.54, 1.807) is 7.05 Å². The lowest BCUT2D eigenvalue weighted by Crippen LogP contribution is -1.98. The Morgan fingerprint density at radius 3 is 2.81 bits per heavy atom. The Hall–Kier alpha value is -2.17. The molecule has 1 aromatic carbocycles. The molecule has 0 radical (unpaired) electrons. The van der Waals surface area contributed by atoms with Crippen LogP contribution in [0.25, 0.3) is 11.3 Å². The molecule has 0 unspecified atom stereocenters. The van der Waals surface area contributed by atoms with Gasteiger partial charge in [-0.25, -0.2) is 4.39 Å². The van der Waals surface area contributed by atoms with Crippen molar-refractivity contribution in [3.63, 3.8) is 0 Å². The Bertz CT molecular complexity index is 529. The van der Waals surface area contributed by atoms with Crippen molar-refractivity contribution in [2.24, 2.45) is 7.05 Å². The van der Waals surface area contributed by atoms with Crippen LogP contribution in [0.3, 0.4) is 0 Å². The molecule has 0 fully saturated rings. The van der Waals surface area contributed by atoms with Gasteiger partial charge in [0.25, 0.3) is 0 Å². The number of carbonyl (C=O) groups is 1. The Balaban J connectivity index is 2.67. The van der Waals surface area contributed by atoms with Crippen molar-refractivity contribution >= 4 is 12.0 Å². The molecule has 2 rings (SSSR count). The summed E-state index contributed by atoms with van der Waals surface area (Å²) in [6.07, 6.45) is 2.11. The van der Waals surface area contributed by atoms with Crippen LogP contribution in [0, 0.1) is 5.82 Å². The summed E-state index contributed by atoms with van der Waals surface area (Å²) < 4.78 is 15.1. The summed E-state index contributed by atoms with van der Waals surface area (Å²) in [7, 11) is 1.67. The number of anilines is 1. The summed E-state index contributed by atoms with van der Waals surface area (Å²) >= 11 is 0. The molecule has 0 bridgehead atoms. The van der Waals surface area contributed by atoms with E-state index in [0.29, 0.717) is 23.2 Å². The van der Waals surface area contributed by atoms with Gasteiger partial charge in [-0.15, -0.1) is 0 Å². The predicted octanol–water partition coefficient (Wildman–Crippen LogP) is 1.62. The SMILES string of the molecule is Cn1ncc(N)c1-c1cc(C=O)ccc1F. The van der Waals surface area contributed by atoms with Crippen LogP contribution < -0.4 is 5.73 Å². The number of carbonyl (C=O) groups excluding carboxylic acids is 1. The molecule has 1 aromatic heterocycles. The van der Waals surface area contributed by atoms with Gasteiger partial charge in [0.15, 0.2) is 0 Å². The van der Waals surface area contributed by atoms with Crippen LogP contribution in [-0.4, -0.2) is 16.1 Å². The van der Waals surface area contributed by atoms with E-state index in [9.17, 15) is 9.18 Å². The molecule has 0 amide bonds. The molecule has 2 aromatic rings. The van der Waals surface area contributed by atoms with Crippen molar-refractivity contribution < 1.29 is 9.18 Å². The summed E-state index contributed by atoms with van der Waals surface area (Å²) in [4.78, 5) is 10.6. The van der Waals surface area contributed by atoms with Gasteiger partial charge in [-0.3, -0.25) is 9.48 Å².